The molecule has 1 aliphatic heterocycles. The lowest BCUT2D eigenvalue weighted by molar-refractivity contribution is -0.140. The number of phenolic OH excluding ortho intramolecular Hbond substituents is 1. The minimum absolute atomic E-state index is 0.0955. The molecule has 1 aromatic rings. The van der Waals surface area contributed by atoms with Crippen LogP contribution in [0.25, 0.3) is 0 Å². The van der Waals surface area contributed by atoms with Crippen molar-refractivity contribution < 1.29 is 24.3 Å². The van der Waals surface area contributed by atoms with Gasteiger partial charge in [-0.1, -0.05) is 12.1 Å². The summed E-state index contributed by atoms with van der Waals surface area (Å²) in [5.74, 6) is -1.75. The highest BCUT2D eigenvalue weighted by Gasteiger charge is 2.35. The van der Waals surface area contributed by atoms with Gasteiger partial charge in [0.1, 0.15) is 23.9 Å². The standard InChI is InChI=1S/C19H26N4O5/c1-11(19(28)23-9-3-4-16(23)17(20)26)21-18(27)15(22-12(2)24)10-13-5-7-14(25)8-6-13/h5-8,11,15-16,25H,3-4,9-10H2,1-2H3,(H2,20,26)(H,21,27)(H,22,24)/t11-,15-,16-/m0/s1. The molecule has 9 nitrogen and oxygen atoms in total. The van der Waals surface area contributed by atoms with E-state index in [9.17, 15) is 24.3 Å². The number of hydrogen-bond acceptors (Lipinski definition) is 5. The molecule has 152 valence electrons. The molecular formula is C19H26N4O5. The predicted molar refractivity (Wildman–Crippen MR) is 101 cm³/mol. The quantitative estimate of drug-likeness (QED) is 0.493. The third-order valence-electron chi connectivity index (χ3n) is 4.66. The first-order valence-corrected chi connectivity index (χ1v) is 9.14. The zero-order chi connectivity index (χ0) is 20.8. The molecular weight excluding hydrogens is 364 g/mol. The zero-order valence-electron chi connectivity index (χ0n) is 16.0. The van der Waals surface area contributed by atoms with Gasteiger partial charge in [0.05, 0.1) is 0 Å². The largest absolute Gasteiger partial charge is 0.508 e. The molecule has 0 saturated carbocycles. The lowest BCUT2D eigenvalue weighted by Crippen LogP contribution is -2.55. The fraction of sp³-hybridized carbons (Fsp3) is 0.474. The molecule has 28 heavy (non-hydrogen) atoms. The van der Waals surface area contributed by atoms with Gasteiger partial charge >= 0.3 is 0 Å². The smallest absolute Gasteiger partial charge is 0.245 e. The normalized spacial score (nSPS) is 18.2. The van der Waals surface area contributed by atoms with Gasteiger partial charge in [0, 0.05) is 19.9 Å². The van der Waals surface area contributed by atoms with E-state index < -0.39 is 29.9 Å². The third kappa shape index (κ3) is 5.45. The number of primary amides is 1. The molecule has 0 bridgehead atoms. The van der Waals surface area contributed by atoms with Crippen LogP contribution in [0.15, 0.2) is 24.3 Å². The van der Waals surface area contributed by atoms with Gasteiger partial charge in [-0.05, 0) is 37.5 Å². The molecule has 0 radical (unpaired) electrons. The molecule has 2 rings (SSSR count). The number of likely N-dealkylation sites (tertiary alicyclic amines) is 1. The van der Waals surface area contributed by atoms with Crippen molar-refractivity contribution in [1.29, 1.82) is 0 Å². The summed E-state index contributed by atoms with van der Waals surface area (Å²) < 4.78 is 0. The highest BCUT2D eigenvalue weighted by molar-refractivity contribution is 5.94. The van der Waals surface area contributed by atoms with Crippen molar-refractivity contribution in [3.8, 4) is 5.75 Å². The zero-order valence-corrected chi connectivity index (χ0v) is 16.0. The summed E-state index contributed by atoms with van der Waals surface area (Å²) in [7, 11) is 0. The average molecular weight is 390 g/mol. The van der Waals surface area contributed by atoms with Gasteiger partial charge in [-0.2, -0.15) is 0 Å². The fourth-order valence-corrected chi connectivity index (χ4v) is 3.27. The van der Waals surface area contributed by atoms with Crippen LogP contribution >= 0.6 is 0 Å². The van der Waals surface area contributed by atoms with Gasteiger partial charge < -0.3 is 26.4 Å². The number of carbonyl (C=O) groups excluding carboxylic acids is 4. The van der Waals surface area contributed by atoms with Crippen molar-refractivity contribution in [2.24, 2.45) is 5.73 Å². The number of benzene rings is 1. The van der Waals surface area contributed by atoms with E-state index in [0.29, 0.717) is 19.4 Å². The number of amides is 4. The molecule has 0 spiro atoms. The number of carbonyl (C=O) groups is 4. The Labute approximate surface area is 163 Å². The molecule has 5 N–H and O–H groups in total. The molecule has 0 aromatic heterocycles. The second kappa shape index (κ2) is 9.20. The van der Waals surface area contributed by atoms with Crippen molar-refractivity contribution in [1.82, 2.24) is 15.5 Å². The Hall–Kier alpha value is -3.10. The topological polar surface area (TPSA) is 142 Å². The molecule has 1 heterocycles. The fourth-order valence-electron chi connectivity index (χ4n) is 3.27. The van der Waals surface area contributed by atoms with Crippen LogP contribution in [0.3, 0.4) is 0 Å². The highest BCUT2D eigenvalue weighted by atomic mass is 16.3. The summed E-state index contributed by atoms with van der Waals surface area (Å²) in [4.78, 5) is 49.7. The maximum atomic E-state index is 12.7. The summed E-state index contributed by atoms with van der Waals surface area (Å²) in [6, 6.07) is 3.85. The summed E-state index contributed by atoms with van der Waals surface area (Å²) in [5.41, 5.74) is 6.08. The number of aromatic hydroxyl groups is 1. The predicted octanol–water partition coefficient (Wildman–Crippen LogP) is -0.580. The SMILES string of the molecule is CC(=O)N[C@@H](Cc1ccc(O)cc1)C(=O)N[C@@H](C)C(=O)N1CCC[C@H]1C(N)=O. The van der Waals surface area contributed by atoms with Crippen molar-refractivity contribution in [2.75, 3.05) is 6.54 Å². The molecule has 0 unspecified atom stereocenters. The monoisotopic (exact) mass is 390 g/mol. The number of nitrogens with two attached hydrogens (primary N) is 1. The van der Waals surface area contributed by atoms with Crippen LogP contribution in [0.2, 0.25) is 0 Å². The Kier molecular flexibility index (Phi) is 6.97. The van der Waals surface area contributed by atoms with Crippen LogP contribution in [-0.2, 0) is 25.6 Å². The van der Waals surface area contributed by atoms with Gasteiger partial charge in [0.15, 0.2) is 0 Å². The highest BCUT2D eigenvalue weighted by Crippen LogP contribution is 2.18. The number of nitrogens with zero attached hydrogens (tertiary/aromatic N) is 1. The summed E-state index contributed by atoms with van der Waals surface area (Å²) >= 11 is 0. The first kappa shape index (κ1) is 21.2. The van der Waals surface area contributed by atoms with Crippen LogP contribution in [0, 0.1) is 0 Å². The van der Waals surface area contributed by atoms with E-state index in [-0.39, 0.29) is 24.0 Å². The number of hydrogen-bond donors (Lipinski definition) is 4. The Bertz CT molecular complexity index is 749. The van der Waals surface area contributed by atoms with E-state index in [0.717, 1.165) is 5.56 Å². The van der Waals surface area contributed by atoms with Crippen LogP contribution in [0.4, 0.5) is 0 Å². The second-order valence-electron chi connectivity index (χ2n) is 6.95. The minimum Gasteiger partial charge on any atom is -0.508 e. The average Bonchev–Trinajstić information content (AvgIpc) is 3.11. The van der Waals surface area contributed by atoms with Gasteiger partial charge in [-0.25, -0.2) is 0 Å². The van der Waals surface area contributed by atoms with Gasteiger partial charge in [0.25, 0.3) is 0 Å². The van der Waals surface area contributed by atoms with Gasteiger partial charge in [-0.3, -0.25) is 19.2 Å². The molecule has 1 aromatic carbocycles. The van der Waals surface area contributed by atoms with Crippen LogP contribution in [0.5, 0.6) is 5.75 Å². The first-order chi connectivity index (χ1) is 13.2. The molecule has 1 aliphatic rings. The van der Waals surface area contributed by atoms with E-state index in [1.54, 1.807) is 12.1 Å². The van der Waals surface area contributed by atoms with Crippen molar-refractivity contribution in [3.63, 3.8) is 0 Å². The Balaban J connectivity index is 2.04. The van der Waals surface area contributed by atoms with Crippen molar-refractivity contribution >= 4 is 23.6 Å². The molecule has 1 fully saturated rings. The number of phenols is 1. The maximum Gasteiger partial charge on any atom is 0.245 e. The van der Waals surface area contributed by atoms with Crippen LogP contribution < -0.4 is 16.4 Å². The van der Waals surface area contributed by atoms with E-state index in [1.807, 2.05) is 0 Å². The van der Waals surface area contributed by atoms with Gasteiger partial charge in [0.2, 0.25) is 23.6 Å². The first-order valence-electron chi connectivity index (χ1n) is 9.14. The van der Waals surface area contributed by atoms with Crippen molar-refractivity contribution in [2.45, 2.75) is 51.2 Å². The van der Waals surface area contributed by atoms with Crippen LogP contribution in [0.1, 0.15) is 32.3 Å². The summed E-state index contributed by atoms with van der Waals surface area (Å²) in [6.45, 7) is 3.24. The molecule has 3 atom stereocenters. The Morgan fingerprint density at radius 1 is 1.21 bits per heavy atom. The maximum absolute atomic E-state index is 12.7. The Morgan fingerprint density at radius 3 is 2.43 bits per heavy atom. The van der Waals surface area contributed by atoms with Crippen molar-refractivity contribution in [3.05, 3.63) is 29.8 Å². The summed E-state index contributed by atoms with van der Waals surface area (Å²) in [6.07, 6.45) is 1.38. The van der Waals surface area contributed by atoms with E-state index in [1.165, 1.54) is 30.9 Å². The third-order valence-corrected chi connectivity index (χ3v) is 4.66. The summed E-state index contributed by atoms with van der Waals surface area (Å²) in [5, 5.41) is 14.5. The van der Waals surface area contributed by atoms with Gasteiger partial charge in [-0.15, -0.1) is 0 Å². The Morgan fingerprint density at radius 2 is 1.86 bits per heavy atom. The number of nitrogens with one attached hydrogen (secondary N) is 2. The lowest BCUT2D eigenvalue weighted by Gasteiger charge is -2.27. The second-order valence-corrected chi connectivity index (χ2v) is 6.95. The van der Waals surface area contributed by atoms with E-state index in [4.69, 9.17) is 5.73 Å². The molecule has 1 saturated heterocycles. The molecule has 9 heteroatoms. The minimum atomic E-state index is -0.886. The lowest BCUT2D eigenvalue weighted by atomic mass is 10.0. The van der Waals surface area contributed by atoms with E-state index in [2.05, 4.69) is 10.6 Å². The molecule has 4 amide bonds. The number of rotatable bonds is 7. The molecule has 0 aliphatic carbocycles. The van der Waals surface area contributed by atoms with Crippen LogP contribution in [-0.4, -0.2) is 58.3 Å². The van der Waals surface area contributed by atoms with E-state index >= 15 is 0 Å².